The molecule has 0 aliphatic rings. The van der Waals surface area contributed by atoms with Crippen LogP contribution in [0.2, 0.25) is 0 Å². The molecule has 7 nitrogen and oxygen atoms in total. The first-order valence-electron chi connectivity index (χ1n) is 6.41. The summed E-state index contributed by atoms with van der Waals surface area (Å²) in [6, 6.07) is 13.1. The van der Waals surface area contributed by atoms with Crippen LogP contribution in [-0.4, -0.2) is 20.8 Å². The summed E-state index contributed by atoms with van der Waals surface area (Å²) in [5.41, 5.74) is 0.477. The lowest BCUT2D eigenvalue weighted by molar-refractivity contribution is -0.385. The normalized spacial score (nSPS) is 11.1. The molecule has 7 heteroatoms. The third-order valence-corrected chi connectivity index (χ3v) is 3.10. The monoisotopic (exact) mass is 294 g/mol. The van der Waals surface area contributed by atoms with Crippen molar-refractivity contribution < 1.29 is 4.92 Å². The molecule has 3 rings (SSSR count). The Morgan fingerprint density at radius 3 is 2.68 bits per heavy atom. The SMILES string of the molecule is O=c1c2ccccc2ncn1/N=C/c1ccccc1[N+](=O)[O-]. The fourth-order valence-electron chi connectivity index (χ4n) is 2.03. The maximum absolute atomic E-state index is 12.2. The Morgan fingerprint density at radius 2 is 1.86 bits per heavy atom. The van der Waals surface area contributed by atoms with Gasteiger partial charge in [-0.15, -0.1) is 0 Å². The predicted molar refractivity (Wildman–Crippen MR) is 82.1 cm³/mol. The summed E-state index contributed by atoms with van der Waals surface area (Å²) in [6.45, 7) is 0. The third-order valence-electron chi connectivity index (χ3n) is 3.10. The van der Waals surface area contributed by atoms with E-state index < -0.39 is 4.92 Å². The van der Waals surface area contributed by atoms with E-state index in [9.17, 15) is 14.9 Å². The lowest BCUT2D eigenvalue weighted by Gasteiger charge is -2.00. The first kappa shape index (κ1) is 13.6. The van der Waals surface area contributed by atoms with Gasteiger partial charge in [-0.3, -0.25) is 14.9 Å². The smallest absolute Gasteiger partial charge is 0.267 e. The van der Waals surface area contributed by atoms with E-state index >= 15 is 0 Å². The summed E-state index contributed by atoms with van der Waals surface area (Å²) in [7, 11) is 0. The first-order chi connectivity index (χ1) is 10.7. The van der Waals surface area contributed by atoms with Crippen molar-refractivity contribution in [3.8, 4) is 0 Å². The Bertz CT molecular complexity index is 947. The minimum Gasteiger partial charge on any atom is -0.267 e. The van der Waals surface area contributed by atoms with E-state index in [4.69, 9.17) is 0 Å². The number of fused-ring (bicyclic) bond motifs is 1. The van der Waals surface area contributed by atoms with E-state index in [0.29, 0.717) is 16.5 Å². The molecule has 3 aromatic rings. The fourth-order valence-corrected chi connectivity index (χ4v) is 2.03. The second-order valence-corrected chi connectivity index (χ2v) is 4.47. The topological polar surface area (TPSA) is 90.4 Å². The number of para-hydroxylation sites is 2. The zero-order chi connectivity index (χ0) is 15.5. The molecule has 0 fully saturated rings. The van der Waals surface area contributed by atoms with Crippen LogP contribution in [0.15, 0.2) is 64.8 Å². The van der Waals surface area contributed by atoms with Gasteiger partial charge in [0.25, 0.3) is 11.2 Å². The lowest BCUT2D eigenvalue weighted by Crippen LogP contribution is -2.17. The summed E-state index contributed by atoms with van der Waals surface area (Å²) >= 11 is 0. The van der Waals surface area contributed by atoms with Crippen molar-refractivity contribution in [2.45, 2.75) is 0 Å². The van der Waals surface area contributed by atoms with E-state index in [1.807, 2.05) is 0 Å². The molecule has 0 atom stereocenters. The van der Waals surface area contributed by atoms with Gasteiger partial charge in [-0.2, -0.15) is 9.78 Å². The molecule has 0 saturated carbocycles. The van der Waals surface area contributed by atoms with Crippen LogP contribution in [-0.2, 0) is 0 Å². The largest absolute Gasteiger partial charge is 0.281 e. The molecule has 108 valence electrons. The van der Waals surface area contributed by atoms with Gasteiger partial charge >= 0.3 is 0 Å². The van der Waals surface area contributed by atoms with E-state index in [1.54, 1.807) is 42.5 Å². The first-order valence-corrected chi connectivity index (χ1v) is 6.41. The van der Waals surface area contributed by atoms with E-state index in [0.717, 1.165) is 4.68 Å². The summed E-state index contributed by atoms with van der Waals surface area (Å²) in [4.78, 5) is 26.8. The highest BCUT2D eigenvalue weighted by Crippen LogP contribution is 2.15. The zero-order valence-electron chi connectivity index (χ0n) is 11.3. The third kappa shape index (κ3) is 2.47. The van der Waals surface area contributed by atoms with Crippen molar-refractivity contribution in [3.05, 3.63) is 80.9 Å². The summed E-state index contributed by atoms with van der Waals surface area (Å²) in [6.07, 6.45) is 2.56. The van der Waals surface area contributed by atoms with Crippen molar-refractivity contribution in [3.63, 3.8) is 0 Å². The Morgan fingerprint density at radius 1 is 1.14 bits per heavy atom. The van der Waals surface area contributed by atoms with Gasteiger partial charge in [0.15, 0.2) is 0 Å². The van der Waals surface area contributed by atoms with Gasteiger partial charge in [0.05, 0.1) is 27.6 Å². The van der Waals surface area contributed by atoms with Crippen LogP contribution in [0.5, 0.6) is 0 Å². The molecule has 0 aliphatic carbocycles. The van der Waals surface area contributed by atoms with E-state index in [1.165, 1.54) is 18.6 Å². The molecule has 0 N–H and O–H groups in total. The molecule has 0 saturated heterocycles. The molecule has 0 aliphatic heterocycles. The van der Waals surface area contributed by atoms with Crippen LogP contribution in [0.4, 0.5) is 5.69 Å². The summed E-state index contributed by atoms with van der Waals surface area (Å²) in [5, 5.41) is 15.4. The molecule has 0 unspecified atom stereocenters. The van der Waals surface area contributed by atoms with Gasteiger partial charge in [0.2, 0.25) is 0 Å². The molecule has 0 amide bonds. The number of benzene rings is 2. The molecule has 0 radical (unpaired) electrons. The van der Waals surface area contributed by atoms with Crippen molar-refractivity contribution >= 4 is 22.8 Å². The molecule has 1 aromatic heterocycles. The predicted octanol–water partition coefficient (Wildman–Crippen LogP) is 2.19. The molecule has 1 heterocycles. The maximum atomic E-state index is 12.2. The zero-order valence-corrected chi connectivity index (χ0v) is 11.3. The minimum absolute atomic E-state index is 0.0759. The lowest BCUT2D eigenvalue weighted by atomic mass is 10.2. The minimum atomic E-state index is -0.497. The van der Waals surface area contributed by atoms with Crippen LogP contribution in [0.3, 0.4) is 0 Å². The number of nitrogens with zero attached hydrogens (tertiary/aromatic N) is 4. The molecule has 0 bridgehead atoms. The maximum Gasteiger partial charge on any atom is 0.281 e. The Kier molecular flexibility index (Phi) is 3.45. The highest BCUT2D eigenvalue weighted by atomic mass is 16.6. The van der Waals surface area contributed by atoms with Gasteiger partial charge < -0.3 is 0 Å². The number of hydrogen-bond donors (Lipinski definition) is 0. The van der Waals surface area contributed by atoms with Crippen molar-refractivity contribution in [1.82, 2.24) is 9.66 Å². The number of nitro groups is 1. The van der Waals surface area contributed by atoms with Gasteiger partial charge in [-0.1, -0.05) is 24.3 Å². The van der Waals surface area contributed by atoms with Crippen molar-refractivity contribution in [2.75, 3.05) is 0 Å². The van der Waals surface area contributed by atoms with Gasteiger partial charge in [0.1, 0.15) is 6.33 Å². The Hall–Kier alpha value is -3.35. The summed E-state index contributed by atoms with van der Waals surface area (Å²) in [5.74, 6) is 0. The van der Waals surface area contributed by atoms with E-state index in [2.05, 4.69) is 10.1 Å². The van der Waals surface area contributed by atoms with Crippen LogP contribution < -0.4 is 5.56 Å². The standard InChI is InChI=1S/C15H10N4O3/c20-15-12-6-2-3-7-13(12)16-10-18(15)17-9-11-5-1-4-8-14(11)19(21)22/h1-10H/b17-9+. The second-order valence-electron chi connectivity index (χ2n) is 4.47. The Labute approximate surface area is 124 Å². The van der Waals surface area contributed by atoms with Crippen LogP contribution in [0.1, 0.15) is 5.56 Å². The fraction of sp³-hybridized carbons (Fsp3) is 0. The molecular weight excluding hydrogens is 284 g/mol. The molecule has 2 aromatic carbocycles. The van der Waals surface area contributed by atoms with Crippen LogP contribution >= 0.6 is 0 Å². The Balaban J connectivity index is 2.06. The number of aromatic nitrogens is 2. The average molecular weight is 294 g/mol. The number of hydrogen-bond acceptors (Lipinski definition) is 5. The number of nitro benzene ring substituents is 1. The van der Waals surface area contributed by atoms with Crippen LogP contribution in [0, 0.1) is 10.1 Å². The molecule has 0 spiro atoms. The highest BCUT2D eigenvalue weighted by molar-refractivity contribution is 5.85. The molecule has 22 heavy (non-hydrogen) atoms. The van der Waals surface area contributed by atoms with Gasteiger partial charge in [-0.25, -0.2) is 4.98 Å². The van der Waals surface area contributed by atoms with Crippen LogP contribution in [0.25, 0.3) is 10.9 Å². The molecular formula is C15H10N4O3. The van der Waals surface area contributed by atoms with Crippen molar-refractivity contribution in [1.29, 1.82) is 0 Å². The average Bonchev–Trinajstić information content (AvgIpc) is 2.55. The highest BCUT2D eigenvalue weighted by Gasteiger charge is 2.10. The van der Waals surface area contributed by atoms with Crippen molar-refractivity contribution in [2.24, 2.45) is 5.10 Å². The summed E-state index contributed by atoms with van der Waals surface area (Å²) < 4.78 is 1.05. The van der Waals surface area contributed by atoms with Gasteiger partial charge in [-0.05, 0) is 18.2 Å². The number of rotatable bonds is 3. The van der Waals surface area contributed by atoms with E-state index in [-0.39, 0.29) is 11.2 Å². The van der Waals surface area contributed by atoms with Gasteiger partial charge in [0, 0.05) is 6.07 Å². The quantitative estimate of drug-likeness (QED) is 0.420. The second kappa shape index (κ2) is 5.57.